The fourth-order valence-corrected chi connectivity index (χ4v) is 4.77. The highest BCUT2D eigenvalue weighted by atomic mass is 16.4. The van der Waals surface area contributed by atoms with Gasteiger partial charge in [0.25, 0.3) is 0 Å². The van der Waals surface area contributed by atoms with E-state index in [1.54, 1.807) is 4.90 Å². The summed E-state index contributed by atoms with van der Waals surface area (Å²) < 4.78 is 2.35. The molecule has 1 spiro atoms. The highest BCUT2D eigenvalue weighted by molar-refractivity contribution is 5.65. The summed E-state index contributed by atoms with van der Waals surface area (Å²) in [6, 6.07) is 5.57. The SMILES string of the molecule is O=C(O)N1CCC2(CC(N3CCC(n4cccc4)CC3)C2)C1. The molecule has 22 heavy (non-hydrogen) atoms. The number of rotatable bonds is 2. The number of carbonyl (C=O) groups is 1. The quantitative estimate of drug-likeness (QED) is 0.914. The van der Waals surface area contributed by atoms with E-state index < -0.39 is 6.09 Å². The first-order valence-electron chi connectivity index (χ1n) is 8.50. The van der Waals surface area contributed by atoms with Gasteiger partial charge in [0.2, 0.25) is 0 Å². The second-order valence-corrected chi connectivity index (χ2v) is 7.41. The van der Waals surface area contributed by atoms with E-state index in [1.165, 1.54) is 38.8 Å². The predicted molar refractivity (Wildman–Crippen MR) is 83.9 cm³/mol. The Labute approximate surface area is 131 Å². The van der Waals surface area contributed by atoms with Gasteiger partial charge in [-0.2, -0.15) is 0 Å². The van der Waals surface area contributed by atoms with Gasteiger partial charge in [0.1, 0.15) is 0 Å². The van der Waals surface area contributed by atoms with Crippen LogP contribution in [-0.4, -0.2) is 57.8 Å². The smallest absolute Gasteiger partial charge is 0.407 e. The Morgan fingerprint density at radius 1 is 1.05 bits per heavy atom. The number of piperidine rings is 1. The first kappa shape index (κ1) is 14.1. The largest absolute Gasteiger partial charge is 0.465 e. The molecule has 0 atom stereocenters. The van der Waals surface area contributed by atoms with Gasteiger partial charge in [0.15, 0.2) is 0 Å². The molecule has 2 saturated heterocycles. The normalized spacial score (nSPS) is 33.3. The summed E-state index contributed by atoms with van der Waals surface area (Å²) in [5.74, 6) is 0. The van der Waals surface area contributed by atoms with Gasteiger partial charge in [-0.3, -0.25) is 0 Å². The predicted octanol–water partition coefficient (Wildman–Crippen LogP) is 2.66. The van der Waals surface area contributed by atoms with Crippen molar-refractivity contribution >= 4 is 6.09 Å². The topological polar surface area (TPSA) is 48.7 Å². The molecule has 120 valence electrons. The fourth-order valence-electron chi connectivity index (χ4n) is 4.77. The maximum Gasteiger partial charge on any atom is 0.407 e. The molecule has 4 rings (SSSR count). The Morgan fingerprint density at radius 2 is 1.73 bits per heavy atom. The minimum atomic E-state index is -0.743. The molecule has 5 nitrogen and oxygen atoms in total. The van der Waals surface area contributed by atoms with Crippen molar-refractivity contribution in [3.8, 4) is 0 Å². The van der Waals surface area contributed by atoms with Crippen molar-refractivity contribution in [2.75, 3.05) is 26.2 Å². The highest BCUT2D eigenvalue weighted by Gasteiger charge is 2.51. The molecule has 3 aliphatic rings. The molecule has 0 radical (unpaired) electrons. The summed E-state index contributed by atoms with van der Waals surface area (Å²) in [5, 5.41) is 9.11. The Kier molecular flexibility index (Phi) is 3.40. The second-order valence-electron chi connectivity index (χ2n) is 7.41. The van der Waals surface area contributed by atoms with Crippen LogP contribution in [0, 0.1) is 5.41 Å². The van der Waals surface area contributed by atoms with E-state index >= 15 is 0 Å². The van der Waals surface area contributed by atoms with Gasteiger partial charge < -0.3 is 19.5 Å². The lowest BCUT2D eigenvalue weighted by Gasteiger charge is -2.51. The average Bonchev–Trinajstić information content (AvgIpc) is 3.15. The standard InChI is InChI=1S/C17H25N3O2/c21-16(22)20-10-5-17(13-20)11-15(12-17)19-8-3-14(4-9-19)18-6-1-2-7-18/h1-2,6-7,14-15H,3-5,8-13H2,(H,21,22). The van der Waals surface area contributed by atoms with E-state index in [0.717, 1.165) is 19.5 Å². The van der Waals surface area contributed by atoms with Crippen LogP contribution in [0.15, 0.2) is 24.5 Å². The van der Waals surface area contributed by atoms with Gasteiger partial charge in [-0.05, 0) is 49.7 Å². The van der Waals surface area contributed by atoms with E-state index in [2.05, 4.69) is 34.0 Å². The Morgan fingerprint density at radius 3 is 2.32 bits per heavy atom. The van der Waals surface area contributed by atoms with Crippen LogP contribution >= 0.6 is 0 Å². The van der Waals surface area contributed by atoms with Crippen LogP contribution in [0.3, 0.4) is 0 Å². The van der Waals surface area contributed by atoms with Gasteiger partial charge in [0, 0.05) is 50.7 Å². The molecule has 0 aromatic carbocycles. The van der Waals surface area contributed by atoms with E-state index in [9.17, 15) is 4.79 Å². The number of hydrogen-bond acceptors (Lipinski definition) is 2. The van der Waals surface area contributed by atoms with Gasteiger partial charge in [-0.15, -0.1) is 0 Å². The summed E-state index contributed by atoms with van der Waals surface area (Å²) in [6.45, 7) is 3.87. The van der Waals surface area contributed by atoms with Crippen molar-refractivity contribution < 1.29 is 9.90 Å². The number of likely N-dealkylation sites (tertiary alicyclic amines) is 2. The molecule has 1 aromatic rings. The van der Waals surface area contributed by atoms with E-state index in [4.69, 9.17) is 5.11 Å². The van der Waals surface area contributed by atoms with Crippen LogP contribution in [0.2, 0.25) is 0 Å². The highest BCUT2D eigenvalue weighted by Crippen LogP contribution is 2.50. The van der Waals surface area contributed by atoms with Crippen LogP contribution in [-0.2, 0) is 0 Å². The fraction of sp³-hybridized carbons (Fsp3) is 0.706. The first-order chi connectivity index (χ1) is 10.7. The summed E-state index contributed by atoms with van der Waals surface area (Å²) >= 11 is 0. The van der Waals surface area contributed by atoms with Gasteiger partial charge in [-0.25, -0.2) is 4.79 Å². The number of nitrogens with zero attached hydrogens (tertiary/aromatic N) is 3. The van der Waals surface area contributed by atoms with Gasteiger partial charge in [-0.1, -0.05) is 0 Å². The second kappa shape index (κ2) is 5.30. The first-order valence-corrected chi connectivity index (χ1v) is 8.50. The van der Waals surface area contributed by atoms with Crippen molar-refractivity contribution in [2.45, 2.75) is 44.2 Å². The van der Waals surface area contributed by atoms with Gasteiger partial charge >= 0.3 is 6.09 Å². The van der Waals surface area contributed by atoms with Crippen molar-refractivity contribution in [3.05, 3.63) is 24.5 Å². The lowest BCUT2D eigenvalue weighted by molar-refractivity contribution is -0.00745. The van der Waals surface area contributed by atoms with E-state index in [1.807, 2.05) is 0 Å². The molecule has 1 amide bonds. The average molecular weight is 303 g/mol. The molecule has 3 fully saturated rings. The lowest BCUT2D eigenvalue weighted by atomic mass is 9.64. The van der Waals surface area contributed by atoms with Gasteiger partial charge in [0.05, 0.1) is 0 Å². The summed E-state index contributed by atoms with van der Waals surface area (Å²) in [5.41, 5.74) is 0.306. The zero-order chi connectivity index (χ0) is 15.2. The number of carboxylic acid groups (broad SMARTS) is 1. The van der Waals surface area contributed by atoms with Crippen LogP contribution in [0.25, 0.3) is 0 Å². The lowest BCUT2D eigenvalue weighted by Crippen LogP contribution is -2.54. The molecule has 5 heteroatoms. The van der Waals surface area contributed by atoms with Crippen LogP contribution in [0.4, 0.5) is 4.79 Å². The Hall–Kier alpha value is -1.49. The molecule has 1 aliphatic carbocycles. The minimum absolute atomic E-state index is 0.306. The number of amides is 1. The maximum atomic E-state index is 11.1. The van der Waals surface area contributed by atoms with Crippen molar-refractivity contribution in [1.29, 1.82) is 0 Å². The maximum absolute atomic E-state index is 11.1. The summed E-state index contributed by atoms with van der Waals surface area (Å²) in [6.07, 6.45) is 9.55. The van der Waals surface area contributed by atoms with Crippen molar-refractivity contribution in [1.82, 2.24) is 14.4 Å². The zero-order valence-electron chi connectivity index (χ0n) is 13.0. The molecule has 0 unspecified atom stereocenters. The Bertz CT molecular complexity index is 528. The third-order valence-electron chi connectivity index (χ3n) is 6.11. The third-order valence-corrected chi connectivity index (χ3v) is 6.11. The van der Waals surface area contributed by atoms with Crippen molar-refractivity contribution in [2.24, 2.45) is 5.41 Å². The zero-order valence-corrected chi connectivity index (χ0v) is 13.0. The molecule has 1 aromatic heterocycles. The molecule has 2 aliphatic heterocycles. The number of hydrogen-bond donors (Lipinski definition) is 1. The molecule has 1 N–H and O–H groups in total. The van der Waals surface area contributed by atoms with E-state index in [0.29, 0.717) is 17.5 Å². The molecular weight excluding hydrogens is 278 g/mol. The van der Waals surface area contributed by atoms with Crippen LogP contribution in [0.1, 0.15) is 38.1 Å². The monoisotopic (exact) mass is 303 g/mol. The Balaban J connectivity index is 1.27. The molecule has 3 heterocycles. The van der Waals surface area contributed by atoms with Crippen LogP contribution in [0.5, 0.6) is 0 Å². The van der Waals surface area contributed by atoms with Crippen LogP contribution < -0.4 is 0 Å². The third kappa shape index (κ3) is 2.41. The molecule has 0 bridgehead atoms. The number of aromatic nitrogens is 1. The minimum Gasteiger partial charge on any atom is -0.465 e. The molecule has 1 saturated carbocycles. The summed E-state index contributed by atoms with van der Waals surface area (Å²) in [4.78, 5) is 15.3. The van der Waals surface area contributed by atoms with E-state index in [-0.39, 0.29) is 0 Å². The summed E-state index contributed by atoms with van der Waals surface area (Å²) in [7, 11) is 0. The van der Waals surface area contributed by atoms with Crippen molar-refractivity contribution in [3.63, 3.8) is 0 Å². The molecular formula is C17H25N3O2.